The van der Waals surface area contributed by atoms with E-state index in [-0.39, 0.29) is 32.7 Å². The van der Waals surface area contributed by atoms with Crippen LogP contribution in [0, 0.1) is 12.1 Å². The van der Waals surface area contributed by atoms with Crippen LogP contribution in [0.25, 0.3) is 32.9 Å². The van der Waals surface area contributed by atoms with Crippen LogP contribution in [0.1, 0.15) is 0 Å². The molecule has 21 heavy (non-hydrogen) atoms. The largest absolute Gasteiger partial charge is 0.346 e. The average molecular weight is 343 g/mol. The molecule has 0 N–H and O–H groups in total. The van der Waals surface area contributed by atoms with E-state index in [0.29, 0.717) is 0 Å². The molecule has 0 saturated carbocycles. The summed E-state index contributed by atoms with van der Waals surface area (Å²) in [6, 6.07) is 22.7. The topological polar surface area (TPSA) is 25.8 Å². The van der Waals surface area contributed by atoms with Gasteiger partial charge in [0.15, 0.2) is 0 Å². The maximum atomic E-state index is 4.49. The summed E-state index contributed by atoms with van der Waals surface area (Å²) < 4.78 is 0. The zero-order valence-corrected chi connectivity index (χ0v) is 14.1. The Morgan fingerprint density at radius 1 is 0.810 bits per heavy atom. The zero-order chi connectivity index (χ0) is 13.4. The molecule has 0 aliphatic carbocycles. The second-order valence-electron chi connectivity index (χ2n) is 4.61. The summed E-state index contributed by atoms with van der Waals surface area (Å²) in [4.78, 5) is 8.83. The van der Waals surface area contributed by atoms with Crippen molar-refractivity contribution < 1.29 is 32.7 Å². The van der Waals surface area contributed by atoms with Gasteiger partial charge in [0.25, 0.3) is 0 Å². The van der Waals surface area contributed by atoms with Gasteiger partial charge in [0.05, 0.1) is 0 Å². The van der Waals surface area contributed by atoms with Crippen molar-refractivity contribution in [3.05, 3.63) is 73.1 Å². The molecule has 2 aromatic heterocycles. The summed E-state index contributed by atoms with van der Waals surface area (Å²) in [5, 5.41) is 2.09. The molecule has 2 heterocycles. The molecule has 0 aliphatic rings. The van der Waals surface area contributed by atoms with Gasteiger partial charge in [-0.05, 0) is 17.8 Å². The van der Waals surface area contributed by atoms with Gasteiger partial charge in [-0.15, -0.1) is 22.9 Å². The van der Waals surface area contributed by atoms with Crippen LogP contribution >= 0.6 is 0 Å². The van der Waals surface area contributed by atoms with Crippen LogP contribution < -0.4 is 0 Å². The van der Waals surface area contributed by atoms with Gasteiger partial charge in [0, 0.05) is 38.2 Å². The number of aromatic nitrogens is 2. The quantitative estimate of drug-likeness (QED) is 0.488. The van der Waals surface area contributed by atoms with E-state index in [1.165, 1.54) is 0 Å². The van der Waals surface area contributed by atoms with Gasteiger partial charge in [-0.1, -0.05) is 36.5 Å². The third kappa shape index (κ3) is 2.62. The van der Waals surface area contributed by atoms with Crippen LogP contribution in [-0.2, 0) is 32.7 Å². The van der Waals surface area contributed by atoms with Gasteiger partial charge in [0.2, 0.25) is 0 Å². The molecule has 97 valence electrons. The number of pyridine rings is 2. The fourth-order valence-electron chi connectivity index (χ4n) is 2.39. The van der Waals surface area contributed by atoms with E-state index in [2.05, 4.69) is 28.2 Å². The average Bonchev–Trinajstić information content (AvgIpc) is 2.54. The number of benzene rings is 2. The van der Waals surface area contributed by atoms with Gasteiger partial charge in [0.1, 0.15) is 0 Å². The summed E-state index contributed by atoms with van der Waals surface area (Å²) in [6.45, 7) is 0. The Balaban J connectivity index is 0.00000132. The first kappa shape index (κ1) is 14.3. The number of rotatable bonds is 1. The van der Waals surface area contributed by atoms with Crippen molar-refractivity contribution in [3.63, 3.8) is 0 Å². The van der Waals surface area contributed by atoms with Crippen LogP contribution in [-0.4, -0.2) is 9.97 Å². The summed E-state index contributed by atoms with van der Waals surface area (Å²) in [7, 11) is 0. The Labute approximate surface area is 148 Å². The molecule has 0 aliphatic heterocycles. The minimum Gasteiger partial charge on any atom is -0.346 e. The van der Waals surface area contributed by atoms with Crippen molar-refractivity contribution in [3.8, 4) is 11.1 Å². The van der Waals surface area contributed by atoms with Gasteiger partial charge in [-0.25, -0.2) is 11.1 Å². The third-order valence-electron chi connectivity index (χ3n) is 3.36. The normalized spacial score (nSPS) is 10.5. The summed E-state index contributed by atoms with van der Waals surface area (Å²) in [5.41, 5.74) is 3.86. The van der Waals surface area contributed by atoms with Crippen molar-refractivity contribution in [1.29, 1.82) is 0 Å². The number of fused-ring (bicyclic) bond motifs is 2. The SMILES string of the molecule is [Y].[c-]1cnc2ccccc2c1-c1[c-]c2ccccc2nc1. The van der Waals surface area contributed by atoms with Crippen LogP contribution in [0.2, 0.25) is 0 Å². The molecule has 0 bridgehead atoms. The van der Waals surface area contributed by atoms with E-state index in [9.17, 15) is 0 Å². The molecule has 0 unspecified atom stereocenters. The fourth-order valence-corrected chi connectivity index (χ4v) is 2.39. The van der Waals surface area contributed by atoms with Crippen molar-refractivity contribution in [2.24, 2.45) is 0 Å². The van der Waals surface area contributed by atoms with Crippen molar-refractivity contribution in [2.75, 3.05) is 0 Å². The Morgan fingerprint density at radius 3 is 2.48 bits per heavy atom. The number of hydrogen-bond acceptors (Lipinski definition) is 2. The molecule has 0 amide bonds. The van der Waals surface area contributed by atoms with E-state index in [0.717, 1.165) is 32.9 Å². The molecule has 4 rings (SSSR count). The van der Waals surface area contributed by atoms with Crippen molar-refractivity contribution in [1.82, 2.24) is 9.97 Å². The molecule has 0 spiro atoms. The molecular formula is C18H10N2Y-2. The molecule has 2 aromatic carbocycles. The second-order valence-corrected chi connectivity index (χ2v) is 4.61. The van der Waals surface area contributed by atoms with Crippen molar-refractivity contribution in [2.45, 2.75) is 0 Å². The zero-order valence-electron chi connectivity index (χ0n) is 11.2. The van der Waals surface area contributed by atoms with Crippen LogP contribution in [0.3, 0.4) is 0 Å². The van der Waals surface area contributed by atoms with Gasteiger partial charge >= 0.3 is 0 Å². The number of hydrogen-bond donors (Lipinski definition) is 0. The van der Waals surface area contributed by atoms with E-state index in [4.69, 9.17) is 0 Å². The smallest absolute Gasteiger partial charge is 0.00720 e. The predicted molar refractivity (Wildman–Crippen MR) is 80.2 cm³/mol. The number of para-hydroxylation sites is 2. The first-order valence-corrected chi connectivity index (χ1v) is 6.45. The van der Waals surface area contributed by atoms with Gasteiger partial charge in [-0.3, -0.25) is 4.98 Å². The molecule has 0 saturated heterocycles. The Bertz CT molecular complexity index is 913. The summed E-state index contributed by atoms with van der Waals surface area (Å²) in [6.07, 6.45) is 3.56. The molecule has 0 fully saturated rings. The molecule has 2 nitrogen and oxygen atoms in total. The molecule has 4 aromatic rings. The Hall–Kier alpha value is -1.64. The fraction of sp³-hybridized carbons (Fsp3) is 0. The van der Waals surface area contributed by atoms with E-state index >= 15 is 0 Å². The third-order valence-corrected chi connectivity index (χ3v) is 3.36. The van der Waals surface area contributed by atoms with Crippen LogP contribution in [0.15, 0.2) is 60.9 Å². The first-order chi connectivity index (χ1) is 9.92. The first-order valence-electron chi connectivity index (χ1n) is 6.45. The van der Waals surface area contributed by atoms with Crippen LogP contribution in [0.4, 0.5) is 0 Å². The minimum atomic E-state index is 0. The van der Waals surface area contributed by atoms with Crippen LogP contribution in [0.5, 0.6) is 0 Å². The predicted octanol–water partition coefficient (Wildman–Crippen LogP) is 4.05. The Kier molecular flexibility index (Phi) is 4.09. The Morgan fingerprint density at radius 2 is 1.57 bits per heavy atom. The molecule has 3 heteroatoms. The standard InChI is InChI=1S/C18H10N2.Y/c1-3-7-17-13(5-1)11-14(12-20-17)15-9-10-19-18-8-4-2-6-16(15)18;/h1-8,10,12H;/q-2;. The molecular weight excluding hydrogens is 333 g/mol. The van der Waals surface area contributed by atoms with E-state index in [1.807, 2.05) is 48.7 Å². The number of nitrogens with zero attached hydrogens (tertiary/aromatic N) is 2. The van der Waals surface area contributed by atoms with E-state index in [1.54, 1.807) is 6.20 Å². The van der Waals surface area contributed by atoms with Crippen molar-refractivity contribution >= 4 is 21.8 Å². The van der Waals surface area contributed by atoms with Gasteiger partial charge in [-0.2, -0.15) is 12.1 Å². The monoisotopic (exact) mass is 343 g/mol. The molecule has 1 radical (unpaired) electrons. The van der Waals surface area contributed by atoms with Gasteiger partial charge < -0.3 is 4.98 Å². The van der Waals surface area contributed by atoms with E-state index < -0.39 is 0 Å². The maximum absolute atomic E-state index is 4.49. The second kappa shape index (κ2) is 6.01. The maximum Gasteiger partial charge on any atom is 0.00720 e. The summed E-state index contributed by atoms with van der Waals surface area (Å²) >= 11 is 0. The molecule has 0 atom stereocenters. The summed E-state index contributed by atoms with van der Waals surface area (Å²) in [5.74, 6) is 0. The minimum absolute atomic E-state index is 0.